The maximum atomic E-state index is 5.32. The van der Waals surface area contributed by atoms with E-state index in [2.05, 4.69) is 49.8 Å². The molecule has 0 spiro atoms. The number of thioether (sulfide) groups is 1. The van der Waals surface area contributed by atoms with Crippen LogP contribution >= 0.6 is 27.7 Å². The average molecular weight is 306 g/mol. The number of nitrogens with one attached hydrogen (secondary N) is 2. The Balaban J connectivity index is 2.54. The largest absolute Gasteiger partial charge is 0.369 e. The topological polar surface area (TPSA) is 75.9 Å². The molecule has 4 N–H and O–H groups in total. The number of hydrogen-bond acceptors (Lipinski definition) is 6. The first-order chi connectivity index (χ1) is 7.69. The van der Waals surface area contributed by atoms with Crippen LogP contribution in [-0.4, -0.2) is 28.0 Å². The van der Waals surface area contributed by atoms with E-state index < -0.39 is 0 Å². The van der Waals surface area contributed by atoms with Crippen LogP contribution in [0.25, 0.3) is 0 Å². The number of halogens is 1. The number of nitrogen functional groups attached to an aromatic ring is 1. The molecule has 0 aliphatic rings. The van der Waals surface area contributed by atoms with E-state index in [9.17, 15) is 0 Å². The van der Waals surface area contributed by atoms with Crippen LogP contribution in [0.2, 0.25) is 0 Å². The SMILES string of the molecule is CSC(C)CCNc1ncnc(NN)c1Br. The van der Waals surface area contributed by atoms with Gasteiger partial charge in [-0.05, 0) is 28.6 Å². The van der Waals surface area contributed by atoms with E-state index in [1.807, 2.05) is 11.8 Å². The minimum absolute atomic E-state index is 0.579. The molecular formula is C9H16BrN5S. The minimum Gasteiger partial charge on any atom is -0.369 e. The molecule has 0 aromatic carbocycles. The lowest BCUT2D eigenvalue weighted by Gasteiger charge is -2.11. The van der Waals surface area contributed by atoms with E-state index >= 15 is 0 Å². The van der Waals surface area contributed by atoms with Crippen molar-refractivity contribution >= 4 is 39.3 Å². The fraction of sp³-hybridized carbons (Fsp3) is 0.556. The summed E-state index contributed by atoms with van der Waals surface area (Å²) in [6, 6.07) is 0. The molecule has 5 nitrogen and oxygen atoms in total. The number of rotatable bonds is 6. The van der Waals surface area contributed by atoms with Crippen LogP contribution in [-0.2, 0) is 0 Å². The molecule has 16 heavy (non-hydrogen) atoms. The zero-order valence-corrected chi connectivity index (χ0v) is 11.7. The molecular weight excluding hydrogens is 290 g/mol. The number of aromatic nitrogens is 2. The second-order valence-electron chi connectivity index (χ2n) is 3.29. The molecule has 1 aromatic rings. The summed E-state index contributed by atoms with van der Waals surface area (Å²) < 4.78 is 0.759. The maximum absolute atomic E-state index is 5.32. The normalized spacial score (nSPS) is 12.2. The van der Waals surface area contributed by atoms with Gasteiger partial charge in [0, 0.05) is 11.8 Å². The van der Waals surface area contributed by atoms with E-state index in [0.717, 1.165) is 23.3 Å². The highest BCUT2D eigenvalue weighted by Gasteiger charge is 2.07. The summed E-state index contributed by atoms with van der Waals surface area (Å²) in [5.74, 6) is 6.66. The van der Waals surface area contributed by atoms with Crippen LogP contribution < -0.4 is 16.6 Å². The molecule has 0 bridgehead atoms. The molecule has 0 aliphatic heterocycles. The van der Waals surface area contributed by atoms with Crippen LogP contribution in [0.5, 0.6) is 0 Å². The molecule has 1 unspecified atom stereocenters. The predicted octanol–water partition coefficient (Wildman–Crippen LogP) is 2.08. The lowest BCUT2D eigenvalue weighted by atomic mass is 10.3. The molecule has 0 radical (unpaired) electrons. The van der Waals surface area contributed by atoms with Gasteiger partial charge in [0.25, 0.3) is 0 Å². The summed E-state index contributed by atoms with van der Waals surface area (Å²) in [7, 11) is 0. The van der Waals surface area contributed by atoms with Crippen molar-refractivity contribution in [2.24, 2.45) is 5.84 Å². The van der Waals surface area contributed by atoms with Crippen LogP contribution in [0.15, 0.2) is 10.8 Å². The van der Waals surface area contributed by atoms with Crippen LogP contribution in [0.4, 0.5) is 11.6 Å². The molecule has 7 heteroatoms. The van der Waals surface area contributed by atoms with Crippen molar-refractivity contribution in [2.45, 2.75) is 18.6 Å². The van der Waals surface area contributed by atoms with E-state index in [1.165, 1.54) is 6.33 Å². The predicted molar refractivity (Wildman–Crippen MR) is 73.6 cm³/mol. The molecule has 0 amide bonds. The Morgan fingerprint density at radius 3 is 2.81 bits per heavy atom. The molecule has 0 fully saturated rings. The van der Waals surface area contributed by atoms with Crippen molar-refractivity contribution < 1.29 is 0 Å². The van der Waals surface area contributed by atoms with Gasteiger partial charge in [-0.15, -0.1) is 0 Å². The van der Waals surface area contributed by atoms with Crippen LogP contribution in [0, 0.1) is 0 Å². The van der Waals surface area contributed by atoms with Crippen molar-refractivity contribution in [1.82, 2.24) is 9.97 Å². The monoisotopic (exact) mass is 305 g/mol. The van der Waals surface area contributed by atoms with Crippen molar-refractivity contribution in [3.05, 3.63) is 10.8 Å². The molecule has 1 atom stereocenters. The number of anilines is 2. The first kappa shape index (κ1) is 13.5. The average Bonchev–Trinajstić information content (AvgIpc) is 2.31. The van der Waals surface area contributed by atoms with E-state index in [4.69, 9.17) is 5.84 Å². The first-order valence-corrected chi connectivity index (χ1v) is 7.01. The zero-order valence-electron chi connectivity index (χ0n) is 9.33. The lowest BCUT2D eigenvalue weighted by molar-refractivity contribution is 0.848. The quantitative estimate of drug-likeness (QED) is 0.552. The van der Waals surface area contributed by atoms with Gasteiger partial charge in [-0.3, -0.25) is 0 Å². The molecule has 0 saturated carbocycles. The standard InChI is InChI=1S/C9H16BrN5S/c1-6(16-2)3-4-12-8-7(10)9(15-11)14-5-13-8/h5-6H,3-4,11H2,1-2H3,(H2,12,13,14,15). The van der Waals surface area contributed by atoms with Gasteiger partial charge < -0.3 is 10.7 Å². The van der Waals surface area contributed by atoms with Gasteiger partial charge >= 0.3 is 0 Å². The van der Waals surface area contributed by atoms with Gasteiger partial charge in [-0.2, -0.15) is 11.8 Å². The van der Waals surface area contributed by atoms with Gasteiger partial charge in [0.1, 0.15) is 16.6 Å². The summed E-state index contributed by atoms with van der Waals surface area (Å²) in [6.45, 7) is 3.08. The van der Waals surface area contributed by atoms with Gasteiger partial charge in [-0.25, -0.2) is 15.8 Å². The highest BCUT2D eigenvalue weighted by Crippen LogP contribution is 2.25. The third kappa shape index (κ3) is 3.80. The second-order valence-corrected chi connectivity index (χ2v) is 5.36. The van der Waals surface area contributed by atoms with Gasteiger partial charge in [0.05, 0.1) is 0 Å². The van der Waals surface area contributed by atoms with E-state index in [1.54, 1.807) is 0 Å². The highest BCUT2D eigenvalue weighted by molar-refractivity contribution is 9.10. The van der Waals surface area contributed by atoms with Crippen molar-refractivity contribution in [1.29, 1.82) is 0 Å². The Kier molecular flexibility index (Phi) is 5.86. The Bertz CT molecular complexity index is 336. The summed E-state index contributed by atoms with van der Waals surface area (Å²) >= 11 is 5.25. The fourth-order valence-electron chi connectivity index (χ4n) is 1.11. The second kappa shape index (κ2) is 6.93. The smallest absolute Gasteiger partial charge is 0.159 e. The van der Waals surface area contributed by atoms with Gasteiger partial charge in [0.2, 0.25) is 0 Å². The van der Waals surface area contributed by atoms with E-state index in [-0.39, 0.29) is 0 Å². The Labute approximate surface area is 108 Å². The van der Waals surface area contributed by atoms with Crippen molar-refractivity contribution in [2.75, 3.05) is 23.5 Å². The van der Waals surface area contributed by atoms with Crippen LogP contribution in [0.3, 0.4) is 0 Å². The van der Waals surface area contributed by atoms with Crippen molar-refractivity contribution in [3.63, 3.8) is 0 Å². The van der Waals surface area contributed by atoms with Gasteiger partial charge in [0.15, 0.2) is 5.82 Å². The Morgan fingerprint density at radius 1 is 1.50 bits per heavy atom. The fourth-order valence-corrected chi connectivity index (χ4v) is 1.92. The summed E-state index contributed by atoms with van der Waals surface area (Å²) in [4.78, 5) is 8.12. The number of nitrogens with two attached hydrogens (primary N) is 1. The summed E-state index contributed by atoms with van der Waals surface area (Å²) in [6.07, 6.45) is 4.67. The Morgan fingerprint density at radius 2 is 2.19 bits per heavy atom. The van der Waals surface area contributed by atoms with Gasteiger partial charge in [-0.1, -0.05) is 6.92 Å². The summed E-state index contributed by atoms with van der Waals surface area (Å²) in [5.41, 5.74) is 2.50. The maximum Gasteiger partial charge on any atom is 0.159 e. The number of nitrogens with zero attached hydrogens (tertiary/aromatic N) is 2. The summed E-state index contributed by atoms with van der Waals surface area (Å²) in [5, 5.41) is 3.89. The first-order valence-electron chi connectivity index (χ1n) is 4.92. The highest BCUT2D eigenvalue weighted by atomic mass is 79.9. The van der Waals surface area contributed by atoms with E-state index in [0.29, 0.717) is 11.1 Å². The Hall–Kier alpha value is -0.530. The molecule has 90 valence electrons. The van der Waals surface area contributed by atoms with Crippen molar-refractivity contribution in [3.8, 4) is 0 Å². The molecule has 1 heterocycles. The molecule has 0 saturated heterocycles. The molecule has 1 aromatic heterocycles. The zero-order chi connectivity index (χ0) is 12.0. The third-order valence-electron chi connectivity index (χ3n) is 2.17. The molecule has 0 aliphatic carbocycles. The van der Waals surface area contributed by atoms with Crippen LogP contribution in [0.1, 0.15) is 13.3 Å². The molecule has 1 rings (SSSR count). The minimum atomic E-state index is 0.579. The lowest BCUT2D eigenvalue weighted by Crippen LogP contribution is -2.13. The third-order valence-corrected chi connectivity index (χ3v) is 3.96. The number of hydrogen-bond donors (Lipinski definition) is 3. The number of hydrazine groups is 1.